The van der Waals surface area contributed by atoms with Gasteiger partial charge in [0.15, 0.2) is 11.5 Å². The van der Waals surface area contributed by atoms with Crippen molar-refractivity contribution in [3.63, 3.8) is 0 Å². The summed E-state index contributed by atoms with van der Waals surface area (Å²) < 4.78 is 15.4. The van der Waals surface area contributed by atoms with Crippen LogP contribution in [-0.4, -0.2) is 20.5 Å². The van der Waals surface area contributed by atoms with Crippen LogP contribution in [0.1, 0.15) is 5.56 Å². The van der Waals surface area contributed by atoms with E-state index < -0.39 is 5.63 Å². The van der Waals surface area contributed by atoms with Gasteiger partial charge in [0.2, 0.25) is 0 Å². The molecule has 1 aromatic carbocycles. The second-order valence-electron chi connectivity index (χ2n) is 3.66. The normalized spacial score (nSPS) is 10.3. The van der Waals surface area contributed by atoms with E-state index in [9.17, 15) is 9.59 Å². The fraction of sp³-hybridized carbons (Fsp3) is 0.231. The minimum absolute atomic E-state index is 0.150. The molecule has 0 aliphatic heterocycles. The molecule has 0 aliphatic carbocycles. The topological polar surface area (TPSA) is 65.7 Å². The zero-order valence-corrected chi connectivity index (χ0v) is 10.1. The van der Waals surface area contributed by atoms with Crippen molar-refractivity contribution in [3.05, 3.63) is 34.2 Å². The Morgan fingerprint density at radius 3 is 2.44 bits per heavy atom. The quantitative estimate of drug-likeness (QED) is 0.606. The SMILES string of the molecule is COc1cc2oc(=O)cc(CC=O)c2cc1OC. The van der Waals surface area contributed by atoms with Gasteiger partial charge in [0.05, 0.1) is 14.2 Å². The van der Waals surface area contributed by atoms with Gasteiger partial charge in [-0.15, -0.1) is 0 Å². The first-order valence-electron chi connectivity index (χ1n) is 5.32. The number of ether oxygens (including phenoxy) is 2. The molecule has 18 heavy (non-hydrogen) atoms. The summed E-state index contributed by atoms with van der Waals surface area (Å²) in [6.07, 6.45) is 0.891. The van der Waals surface area contributed by atoms with Gasteiger partial charge in [0.25, 0.3) is 0 Å². The maximum Gasteiger partial charge on any atom is 0.336 e. The Kier molecular flexibility index (Phi) is 3.32. The molecule has 5 heteroatoms. The maximum absolute atomic E-state index is 11.4. The number of hydrogen-bond acceptors (Lipinski definition) is 5. The predicted molar refractivity (Wildman–Crippen MR) is 65.4 cm³/mol. The van der Waals surface area contributed by atoms with Crippen molar-refractivity contribution in [2.75, 3.05) is 14.2 Å². The van der Waals surface area contributed by atoms with Gasteiger partial charge < -0.3 is 18.7 Å². The van der Waals surface area contributed by atoms with E-state index in [4.69, 9.17) is 13.9 Å². The minimum atomic E-state index is -0.494. The number of aldehydes is 1. The minimum Gasteiger partial charge on any atom is -0.493 e. The van der Waals surface area contributed by atoms with Gasteiger partial charge in [0.1, 0.15) is 11.9 Å². The van der Waals surface area contributed by atoms with Crippen molar-refractivity contribution in [2.24, 2.45) is 0 Å². The van der Waals surface area contributed by atoms with Crippen molar-refractivity contribution < 1.29 is 18.7 Å². The molecule has 2 rings (SSSR count). The van der Waals surface area contributed by atoms with Crippen LogP contribution < -0.4 is 15.1 Å². The molecular weight excluding hydrogens is 236 g/mol. The van der Waals surface area contributed by atoms with Crippen molar-refractivity contribution in [2.45, 2.75) is 6.42 Å². The number of hydrogen-bond donors (Lipinski definition) is 0. The van der Waals surface area contributed by atoms with E-state index in [1.807, 2.05) is 0 Å². The second-order valence-corrected chi connectivity index (χ2v) is 3.66. The van der Waals surface area contributed by atoms with Crippen molar-refractivity contribution in [1.29, 1.82) is 0 Å². The van der Waals surface area contributed by atoms with Crippen LogP contribution >= 0.6 is 0 Å². The molecule has 5 nitrogen and oxygen atoms in total. The largest absolute Gasteiger partial charge is 0.493 e. The highest BCUT2D eigenvalue weighted by Crippen LogP contribution is 2.32. The summed E-state index contributed by atoms with van der Waals surface area (Å²) in [6.45, 7) is 0. The van der Waals surface area contributed by atoms with Gasteiger partial charge in [-0.25, -0.2) is 4.79 Å². The molecule has 1 heterocycles. The number of rotatable bonds is 4. The van der Waals surface area contributed by atoms with E-state index in [2.05, 4.69) is 0 Å². The monoisotopic (exact) mass is 248 g/mol. The summed E-state index contributed by atoms with van der Waals surface area (Å²) in [5.74, 6) is 0.988. The van der Waals surface area contributed by atoms with E-state index in [1.165, 1.54) is 20.3 Å². The van der Waals surface area contributed by atoms with Gasteiger partial charge in [-0.1, -0.05) is 0 Å². The third-order valence-corrected chi connectivity index (χ3v) is 2.64. The Morgan fingerprint density at radius 1 is 1.17 bits per heavy atom. The summed E-state index contributed by atoms with van der Waals surface area (Å²) in [5.41, 5.74) is 0.487. The third kappa shape index (κ3) is 2.07. The zero-order valence-electron chi connectivity index (χ0n) is 10.1. The molecule has 0 atom stereocenters. The molecule has 0 fully saturated rings. The highest BCUT2D eigenvalue weighted by atomic mass is 16.5. The summed E-state index contributed by atoms with van der Waals surface area (Å²) in [4.78, 5) is 22.0. The van der Waals surface area contributed by atoms with Crippen LogP contribution in [0.2, 0.25) is 0 Å². The molecule has 0 N–H and O–H groups in total. The van der Waals surface area contributed by atoms with E-state index in [0.29, 0.717) is 28.0 Å². The first-order valence-corrected chi connectivity index (χ1v) is 5.32. The van der Waals surface area contributed by atoms with Crippen LogP contribution in [0.5, 0.6) is 11.5 Å². The first-order chi connectivity index (χ1) is 8.69. The molecule has 0 aliphatic rings. The summed E-state index contributed by atoms with van der Waals surface area (Å²) >= 11 is 0. The number of benzene rings is 1. The van der Waals surface area contributed by atoms with Gasteiger partial charge in [-0.3, -0.25) is 0 Å². The molecule has 2 aromatic rings. The van der Waals surface area contributed by atoms with E-state index in [-0.39, 0.29) is 6.42 Å². The van der Waals surface area contributed by atoms with E-state index in [0.717, 1.165) is 6.29 Å². The average Bonchev–Trinajstić information content (AvgIpc) is 2.37. The summed E-state index contributed by atoms with van der Waals surface area (Å²) in [7, 11) is 3.01. The molecule has 94 valence electrons. The Morgan fingerprint density at radius 2 is 1.83 bits per heavy atom. The van der Waals surface area contributed by atoms with Crippen LogP contribution in [-0.2, 0) is 11.2 Å². The standard InChI is InChI=1S/C13H12O5/c1-16-11-6-9-8(3-4-14)5-13(15)18-10(9)7-12(11)17-2/h4-7H,3H2,1-2H3. The Balaban J connectivity index is 2.78. The van der Waals surface area contributed by atoms with Gasteiger partial charge >= 0.3 is 5.63 Å². The Bertz CT molecular complexity index is 642. The Hall–Kier alpha value is -2.30. The summed E-state index contributed by atoms with van der Waals surface area (Å²) in [5, 5.41) is 0.666. The lowest BCUT2D eigenvalue weighted by Gasteiger charge is -2.09. The van der Waals surface area contributed by atoms with Crippen LogP contribution in [0.4, 0.5) is 0 Å². The average molecular weight is 248 g/mol. The van der Waals surface area contributed by atoms with Crippen LogP contribution in [0.25, 0.3) is 11.0 Å². The third-order valence-electron chi connectivity index (χ3n) is 2.64. The van der Waals surface area contributed by atoms with Crippen LogP contribution in [0, 0.1) is 0 Å². The van der Waals surface area contributed by atoms with Gasteiger partial charge in [0, 0.05) is 23.9 Å². The van der Waals surface area contributed by atoms with Gasteiger partial charge in [-0.2, -0.15) is 0 Å². The second kappa shape index (κ2) is 4.91. The number of fused-ring (bicyclic) bond motifs is 1. The highest BCUT2D eigenvalue weighted by molar-refractivity contribution is 5.85. The van der Waals surface area contributed by atoms with E-state index >= 15 is 0 Å². The van der Waals surface area contributed by atoms with Gasteiger partial charge in [-0.05, 0) is 11.6 Å². The van der Waals surface area contributed by atoms with Crippen LogP contribution in [0.3, 0.4) is 0 Å². The van der Waals surface area contributed by atoms with E-state index in [1.54, 1.807) is 12.1 Å². The van der Waals surface area contributed by atoms with Crippen molar-refractivity contribution in [3.8, 4) is 11.5 Å². The van der Waals surface area contributed by atoms with Crippen molar-refractivity contribution in [1.82, 2.24) is 0 Å². The molecule has 0 unspecified atom stereocenters. The molecule has 0 saturated carbocycles. The fourth-order valence-electron chi connectivity index (χ4n) is 1.81. The number of carbonyl (C=O) groups is 1. The molecule has 1 aromatic heterocycles. The molecule has 0 spiro atoms. The zero-order chi connectivity index (χ0) is 13.1. The molecule has 0 saturated heterocycles. The lowest BCUT2D eigenvalue weighted by molar-refractivity contribution is -0.107. The molecular formula is C13H12O5. The first kappa shape index (κ1) is 12.2. The summed E-state index contributed by atoms with van der Waals surface area (Å²) in [6, 6.07) is 4.57. The lowest BCUT2D eigenvalue weighted by Crippen LogP contribution is -2.02. The lowest BCUT2D eigenvalue weighted by atomic mass is 10.1. The predicted octanol–water partition coefficient (Wildman–Crippen LogP) is 1.55. The molecule has 0 radical (unpaired) electrons. The van der Waals surface area contributed by atoms with Crippen LogP contribution in [0.15, 0.2) is 27.4 Å². The maximum atomic E-state index is 11.4. The van der Waals surface area contributed by atoms with Crippen molar-refractivity contribution >= 4 is 17.3 Å². The number of methoxy groups -OCH3 is 2. The molecule has 0 bridgehead atoms. The number of carbonyl (C=O) groups excluding carboxylic acids is 1. The fourth-order valence-corrected chi connectivity index (χ4v) is 1.81. The Labute approximate surface area is 103 Å². The highest BCUT2D eigenvalue weighted by Gasteiger charge is 2.11. The smallest absolute Gasteiger partial charge is 0.336 e. The molecule has 0 amide bonds.